The van der Waals surface area contributed by atoms with Crippen LogP contribution in [0.3, 0.4) is 0 Å². The van der Waals surface area contributed by atoms with Crippen LogP contribution in [0.25, 0.3) is 0 Å². The van der Waals surface area contributed by atoms with Crippen molar-refractivity contribution in [3.05, 3.63) is 68.4 Å². The lowest BCUT2D eigenvalue weighted by Gasteiger charge is -2.04. The Morgan fingerprint density at radius 3 is 2.24 bits per heavy atom. The van der Waals surface area contributed by atoms with Gasteiger partial charge in [0.05, 0.1) is 0 Å². The lowest BCUT2D eigenvalue weighted by molar-refractivity contribution is 0.103. The maximum absolute atomic E-state index is 12.8. The first-order valence-electron chi connectivity index (χ1n) is 4.83. The number of hydrogen-bond donors (Lipinski definition) is 0. The van der Waals surface area contributed by atoms with Gasteiger partial charge in [0.1, 0.15) is 5.82 Å². The predicted molar refractivity (Wildman–Crippen MR) is 71.7 cm³/mol. The second-order valence-electron chi connectivity index (χ2n) is 3.46. The molecule has 2 rings (SSSR count). The van der Waals surface area contributed by atoms with Crippen molar-refractivity contribution in [1.29, 1.82) is 0 Å². The number of hydrogen-bond acceptors (Lipinski definition) is 1. The molecule has 0 amide bonds. The minimum Gasteiger partial charge on any atom is -0.289 e. The molecule has 0 aliphatic carbocycles. The highest BCUT2D eigenvalue weighted by atomic mass is 79.9. The maximum atomic E-state index is 12.8. The molecule has 86 valence electrons. The fraction of sp³-hybridized carbons (Fsp3) is 0. The Balaban J connectivity index is 2.40. The van der Waals surface area contributed by atoms with Crippen LogP contribution >= 0.6 is 31.9 Å². The molecule has 0 saturated carbocycles. The van der Waals surface area contributed by atoms with Crippen LogP contribution in [0.2, 0.25) is 0 Å². The average molecular weight is 358 g/mol. The van der Waals surface area contributed by atoms with Gasteiger partial charge in [-0.15, -0.1) is 0 Å². The van der Waals surface area contributed by atoms with Crippen molar-refractivity contribution in [2.24, 2.45) is 0 Å². The topological polar surface area (TPSA) is 17.1 Å². The molecule has 0 bridgehead atoms. The van der Waals surface area contributed by atoms with E-state index in [1.165, 1.54) is 24.3 Å². The van der Waals surface area contributed by atoms with E-state index in [-0.39, 0.29) is 11.6 Å². The summed E-state index contributed by atoms with van der Waals surface area (Å²) in [6, 6.07) is 10.8. The van der Waals surface area contributed by atoms with E-state index in [0.29, 0.717) is 15.6 Å². The molecule has 17 heavy (non-hydrogen) atoms. The van der Waals surface area contributed by atoms with Gasteiger partial charge in [-0.05, 0) is 58.4 Å². The van der Waals surface area contributed by atoms with Crippen molar-refractivity contribution in [1.82, 2.24) is 0 Å². The molecule has 2 aromatic rings. The predicted octanol–water partition coefficient (Wildman–Crippen LogP) is 4.58. The van der Waals surface area contributed by atoms with Crippen molar-refractivity contribution >= 4 is 37.6 Å². The average Bonchev–Trinajstić information content (AvgIpc) is 2.29. The Bertz CT molecular complexity index is 564. The number of carbonyl (C=O) groups excluding carboxylic acids is 1. The van der Waals surface area contributed by atoms with Crippen molar-refractivity contribution in [3.63, 3.8) is 0 Å². The Morgan fingerprint density at radius 1 is 1.00 bits per heavy atom. The number of benzene rings is 2. The second kappa shape index (κ2) is 5.10. The third-order valence-corrected chi connectivity index (χ3v) is 3.43. The molecule has 0 aliphatic rings. The lowest BCUT2D eigenvalue weighted by atomic mass is 10.0. The Kier molecular flexibility index (Phi) is 3.74. The van der Waals surface area contributed by atoms with Crippen molar-refractivity contribution in [2.45, 2.75) is 0 Å². The van der Waals surface area contributed by atoms with E-state index in [0.717, 1.165) is 4.47 Å². The highest BCUT2D eigenvalue weighted by Crippen LogP contribution is 2.24. The smallest absolute Gasteiger partial charge is 0.194 e. The van der Waals surface area contributed by atoms with Crippen molar-refractivity contribution in [3.8, 4) is 0 Å². The number of halogens is 3. The van der Waals surface area contributed by atoms with Gasteiger partial charge >= 0.3 is 0 Å². The molecule has 2 aromatic carbocycles. The fourth-order valence-corrected chi connectivity index (χ4v) is 2.66. The van der Waals surface area contributed by atoms with Gasteiger partial charge in [0, 0.05) is 20.1 Å². The van der Waals surface area contributed by atoms with Gasteiger partial charge in [0.25, 0.3) is 0 Å². The molecule has 0 aromatic heterocycles. The Hall–Kier alpha value is -1.000. The summed E-state index contributed by atoms with van der Waals surface area (Å²) in [7, 11) is 0. The highest BCUT2D eigenvalue weighted by molar-refractivity contribution is 9.11. The zero-order valence-corrected chi connectivity index (χ0v) is 11.8. The summed E-state index contributed by atoms with van der Waals surface area (Å²) >= 11 is 6.65. The maximum Gasteiger partial charge on any atom is 0.194 e. The molecule has 0 heterocycles. The van der Waals surface area contributed by atoms with Gasteiger partial charge in [-0.1, -0.05) is 15.9 Å². The molecule has 4 heteroatoms. The van der Waals surface area contributed by atoms with E-state index < -0.39 is 0 Å². The lowest BCUT2D eigenvalue weighted by Crippen LogP contribution is -2.02. The molecule has 0 saturated heterocycles. The van der Waals surface area contributed by atoms with Crippen LogP contribution in [0.5, 0.6) is 0 Å². The Labute approximate surface area is 115 Å². The monoisotopic (exact) mass is 356 g/mol. The summed E-state index contributed by atoms with van der Waals surface area (Å²) in [5.74, 6) is -0.485. The first-order chi connectivity index (χ1) is 8.08. The minimum absolute atomic E-state index is 0.135. The van der Waals surface area contributed by atoms with Crippen LogP contribution in [0.1, 0.15) is 15.9 Å². The van der Waals surface area contributed by atoms with E-state index in [1.807, 2.05) is 0 Å². The number of ketones is 1. The molecule has 1 nitrogen and oxygen atoms in total. The van der Waals surface area contributed by atoms with Crippen LogP contribution in [-0.4, -0.2) is 5.78 Å². The van der Waals surface area contributed by atoms with Crippen LogP contribution < -0.4 is 0 Å². The van der Waals surface area contributed by atoms with Crippen molar-refractivity contribution in [2.75, 3.05) is 0 Å². The highest BCUT2D eigenvalue weighted by Gasteiger charge is 2.12. The zero-order valence-electron chi connectivity index (χ0n) is 8.58. The van der Waals surface area contributed by atoms with E-state index in [2.05, 4.69) is 31.9 Å². The molecule has 0 radical (unpaired) electrons. The van der Waals surface area contributed by atoms with Crippen molar-refractivity contribution < 1.29 is 9.18 Å². The zero-order chi connectivity index (χ0) is 12.4. The molecule has 0 fully saturated rings. The largest absolute Gasteiger partial charge is 0.289 e. The van der Waals surface area contributed by atoms with Gasteiger partial charge in [0.15, 0.2) is 5.78 Å². The quantitative estimate of drug-likeness (QED) is 0.719. The van der Waals surface area contributed by atoms with Gasteiger partial charge in [0.2, 0.25) is 0 Å². The van der Waals surface area contributed by atoms with E-state index in [1.54, 1.807) is 18.2 Å². The molecule has 0 aliphatic heterocycles. The van der Waals surface area contributed by atoms with Crippen LogP contribution in [0.4, 0.5) is 4.39 Å². The SMILES string of the molecule is O=C(c1ccc(F)cc1)c1ccc(Br)cc1Br. The number of rotatable bonds is 2. The summed E-state index contributed by atoms with van der Waals surface area (Å²) in [6.07, 6.45) is 0. The van der Waals surface area contributed by atoms with Gasteiger partial charge in [-0.2, -0.15) is 0 Å². The molecule has 0 unspecified atom stereocenters. The van der Waals surface area contributed by atoms with E-state index in [9.17, 15) is 9.18 Å². The summed E-state index contributed by atoms with van der Waals surface area (Å²) in [4.78, 5) is 12.1. The van der Waals surface area contributed by atoms with Crippen LogP contribution in [-0.2, 0) is 0 Å². The third-order valence-electron chi connectivity index (χ3n) is 2.28. The molecular weight excluding hydrogens is 351 g/mol. The summed E-state index contributed by atoms with van der Waals surface area (Å²) < 4.78 is 14.4. The first-order valence-corrected chi connectivity index (χ1v) is 6.42. The summed E-state index contributed by atoms with van der Waals surface area (Å²) in [6.45, 7) is 0. The fourth-order valence-electron chi connectivity index (χ4n) is 1.43. The minimum atomic E-state index is -0.351. The molecule has 0 atom stereocenters. The van der Waals surface area contributed by atoms with Crippen LogP contribution in [0.15, 0.2) is 51.4 Å². The Morgan fingerprint density at radius 2 is 1.65 bits per heavy atom. The third kappa shape index (κ3) is 2.82. The van der Waals surface area contributed by atoms with Gasteiger partial charge < -0.3 is 0 Å². The van der Waals surface area contributed by atoms with E-state index >= 15 is 0 Å². The molecular formula is C13H7Br2FO. The van der Waals surface area contributed by atoms with Gasteiger partial charge in [-0.3, -0.25) is 4.79 Å². The summed E-state index contributed by atoms with van der Waals surface area (Å²) in [5, 5.41) is 0. The molecule has 0 spiro atoms. The summed E-state index contributed by atoms with van der Waals surface area (Å²) in [5.41, 5.74) is 1.02. The number of carbonyl (C=O) groups is 1. The van der Waals surface area contributed by atoms with Gasteiger partial charge in [-0.25, -0.2) is 4.39 Å². The molecule has 0 N–H and O–H groups in total. The first kappa shape index (κ1) is 12.5. The normalized spacial score (nSPS) is 10.3. The van der Waals surface area contributed by atoms with E-state index in [4.69, 9.17) is 0 Å². The second-order valence-corrected chi connectivity index (χ2v) is 5.23. The van der Waals surface area contributed by atoms with Crippen LogP contribution in [0, 0.1) is 5.82 Å². The standard InChI is InChI=1S/C13H7Br2FO/c14-9-3-6-11(12(15)7-9)13(17)8-1-4-10(16)5-2-8/h1-7H.